The van der Waals surface area contributed by atoms with Crippen molar-refractivity contribution < 1.29 is 23.5 Å². The van der Waals surface area contributed by atoms with Gasteiger partial charge in [-0.2, -0.15) is 5.10 Å². The van der Waals surface area contributed by atoms with E-state index >= 15 is 0 Å². The number of aromatic nitrogens is 2. The summed E-state index contributed by atoms with van der Waals surface area (Å²) in [5.74, 6) is -4.68. The second-order valence-electron chi connectivity index (χ2n) is 7.06. The number of nitrogens with zero attached hydrogens (tertiary/aromatic N) is 3. The zero-order valence-electron chi connectivity index (χ0n) is 15.8. The van der Waals surface area contributed by atoms with Crippen LogP contribution in [0.3, 0.4) is 0 Å². The quantitative estimate of drug-likeness (QED) is 0.818. The summed E-state index contributed by atoms with van der Waals surface area (Å²) in [6.07, 6.45) is 3.16. The zero-order valence-corrected chi connectivity index (χ0v) is 15.8. The van der Waals surface area contributed by atoms with E-state index in [1.807, 2.05) is 13.8 Å². The number of hydrogen-bond donors (Lipinski definition) is 1. The monoisotopic (exact) mass is 391 g/mol. The molecule has 6 nitrogen and oxygen atoms in total. The molecule has 1 N–H and O–H groups in total. The average Bonchev–Trinajstić information content (AvgIpc) is 3.30. The number of carboxylic acids is 1. The predicted octanol–water partition coefficient (Wildman–Crippen LogP) is 3.46. The average molecular weight is 391 g/mol. The predicted molar refractivity (Wildman–Crippen MR) is 98.0 cm³/mol. The largest absolute Gasteiger partial charge is 0.481 e. The highest BCUT2D eigenvalue weighted by Crippen LogP contribution is 2.35. The summed E-state index contributed by atoms with van der Waals surface area (Å²) in [4.78, 5) is 26.2. The minimum atomic E-state index is -1.11. The highest BCUT2D eigenvalue weighted by molar-refractivity contribution is 5.93. The fraction of sp³-hybridized carbons (Fsp3) is 0.450. The molecule has 0 aliphatic carbocycles. The number of carbonyl (C=O) groups excluding carboxylic acids is 1. The molecule has 1 amide bonds. The normalized spacial score (nSPS) is 19.4. The number of rotatable bonds is 6. The van der Waals surface area contributed by atoms with Crippen molar-refractivity contribution in [3.8, 4) is 0 Å². The molecule has 1 aliphatic rings. The number of aliphatic carboxylic acids is 1. The zero-order chi connectivity index (χ0) is 20.4. The lowest BCUT2D eigenvalue weighted by molar-refractivity contribution is -0.141. The molecule has 1 saturated heterocycles. The van der Waals surface area contributed by atoms with Gasteiger partial charge < -0.3 is 10.0 Å². The highest BCUT2D eigenvalue weighted by atomic mass is 19.1. The molecule has 2 heterocycles. The third-order valence-electron chi connectivity index (χ3n) is 5.46. The van der Waals surface area contributed by atoms with E-state index in [4.69, 9.17) is 0 Å². The molecule has 8 heteroatoms. The fourth-order valence-corrected chi connectivity index (χ4v) is 3.91. The van der Waals surface area contributed by atoms with Gasteiger partial charge in [0.05, 0.1) is 12.0 Å². The van der Waals surface area contributed by atoms with Crippen LogP contribution in [0.2, 0.25) is 0 Å². The van der Waals surface area contributed by atoms with Gasteiger partial charge in [0.15, 0.2) is 0 Å². The third-order valence-corrected chi connectivity index (χ3v) is 5.46. The summed E-state index contributed by atoms with van der Waals surface area (Å²) >= 11 is 0. The molecule has 28 heavy (non-hydrogen) atoms. The van der Waals surface area contributed by atoms with E-state index in [1.54, 1.807) is 16.9 Å². The Bertz CT molecular complexity index is 879. The summed E-state index contributed by atoms with van der Waals surface area (Å²) in [6, 6.07) is 4.78. The Morgan fingerprint density at radius 3 is 2.54 bits per heavy atom. The fourth-order valence-electron chi connectivity index (χ4n) is 3.91. The van der Waals surface area contributed by atoms with Crippen molar-refractivity contribution in [3.05, 3.63) is 53.4 Å². The van der Waals surface area contributed by atoms with Crippen LogP contribution in [0, 0.1) is 17.6 Å². The van der Waals surface area contributed by atoms with Gasteiger partial charge in [-0.05, 0) is 30.5 Å². The maximum atomic E-state index is 14.3. The number of amides is 1. The van der Waals surface area contributed by atoms with Gasteiger partial charge in [0.25, 0.3) is 5.91 Å². The number of halogens is 2. The Morgan fingerprint density at radius 1 is 1.21 bits per heavy atom. The van der Waals surface area contributed by atoms with Crippen molar-refractivity contribution in [2.24, 2.45) is 5.92 Å². The highest BCUT2D eigenvalue weighted by Gasteiger charge is 2.42. The van der Waals surface area contributed by atoms with Crippen LogP contribution in [0.4, 0.5) is 8.78 Å². The molecular weight excluding hydrogens is 368 g/mol. The topological polar surface area (TPSA) is 75.4 Å². The van der Waals surface area contributed by atoms with Crippen LogP contribution in [0.25, 0.3) is 0 Å². The van der Waals surface area contributed by atoms with E-state index < -0.39 is 29.4 Å². The molecule has 0 unspecified atom stereocenters. The molecule has 1 fully saturated rings. The molecule has 1 aliphatic heterocycles. The Morgan fingerprint density at radius 2 is 1.93 bits per heavy atom. The van der Waals surface area contributed by atoms with E-state index in [9.17, 15) is 23.5 Å². The van der Waals surface area contributed by atoms with E-state index in [2.05, 4.69) is 5.10 Å². The molecule has 0 saturated carbocycles. The van der Waals surface area contributed by atoms with Crippen molar-refractivity contribution in [2.75, 3.05) is 13.1 Å². The Kier molecular flexibility index (Phi) is 5.76. The van der Waals surface area contributed by atoms with Crippen LogP contribution >= 0.6 is 0 Å². The summed E-state index contributed by atoms with van der Waals surface area (Å²) in [5.41, 5.74) is 0.496. The summed E-state index contributed by atoms with van der Waals surface area (Å²) in [6.45, 7) is 4.03. The standard InChI is InChI=1S/C20H23F2N3O3/c1-3-13(4-2)25-18(7-8-23-25)19(26)24-10-15(16(11-24)20(27)28)14-6-5-12(21)9-17(14)22/h5-9,13,15-16H,3-4,10-11H2,1-2H3,(H,27,28)/t15-,16+/m1/s1. The molecule has 1 aromatic carbocycles. The van der Waals surface area contributed by atoms with Crippen molar-refractivity contribution in [2.45, 2.75) is 38.6 Å². The molecule has 2 aromatic rings. The van der Waals surface area contributed by atoms with E-state index in [-0.39, 0.29) is 30.6 Å². The lowest BCUT2D eigenvalue weighted by atomic mass is 9.88. The number of likely N-dealkylation sites (tertiary alicyclic amines) is 1. The van der Waals surface area contributed by atoms with Crippen LogP contribution in [-0.4, -0.2) is 44.8 Å². The summed E-state index contributed by atoms with van der Waals surface area (Å²) in [7, 11) is 0. The Balaban J connectivity index is 1.90. The van der Waals surface area contributed by atoms with Crippen molar-refractivity contribution in [3.63, 3.8) is 0 Å². The van der Waals surface area contributed by atoms with Gasteiger partial charge in [-0.15, -0.1) is 0 Å². The van der Waals surface area contributed by atoms with Gasteiger partial charge in [-0.25, -0.2) is 8.78 Å². The van der Waals surface area contributed by atoms with Crippen molar-refractivity contribution >= 4 is 11.9 Å². The van der Waals surface area contributed by atoms with Gasteiger partial charge in [0, 0.05) is 31.3 Å². The minimum Gasteiger partial charge on any atom is -0.481 e. The first-order chi connectivity index (χ1) is 13.4. The Hall–Kier alpha value is -2.77. The molecule has 0 bridgehead atoms. The molecule has 150 valence electrons. The van der Waals surface area contributed by atoms with Gasteiger partial charge in [-0.1, -0.05) is 19.9 Å². The molecule has 0 radical (unpaired) electrons. The van der Waals surface area contributed by atoms with Gasteiger partial charge >= 0.3 is 5.97 Å². The maximum absolute atomic E-state index is 14.3. The molecule has 0 spiro atoms. The van der Waals surface area contributed by atoms with Crippen molar-refractivity contribution in [1.82, 2.24) is 14.7 Å². The maximum Gasteiger partial charge on any atom is 0.308 e. The molecule has 3 rings (SSSR count). The lowest BCUT2D eigenvalue weighted by Crippen LogP contribution is -2.32. The first kappa shape index (κ1) is 20.0. The first-order valence-corrected chi connectivity index (χ1v) is 9.37. The van der Waals surface area contributed by atoms with Crippen LogP contribution < -0.4 is 0 Å². The van der Waals surface area contributed by atoms with Crippen LogP contribution in [0.15, 0.2) is 30.5 Å². The summed E-state index contributed by atoms with van der Waals surface area (Å²) in [5, 5.41) is 13.8. The number of hydrogen-bond acceptors (Lipinski definition) is 3. The van der Waals surface area contributed by atoms with Gasteiger partial charge in [-0.3, -0.25) is 14.3 Å². The molecule has 2 atom stereocenters. The lowest BCUT2D eigenvalue weighted by Gasteiger charge is -2.20. The van der Waals surface area contributed by atoms with Crippen LogP contribution in [0.1, 0.15) is 54.7 Å². The van der Waals surface area contributed by atoms with Crippen molar-refractivity contribution in [1.29, 1.82) is 0 Å². The van der Waals surface area contributed by atoms with Crippen LogP contribution in [0.5, 0.6) is 0 Å². The third kappa shape index (κ3) is 3.63. The molecular formula is C20H23F2N3O3. The first-order valence-electron chi connectivity index (χ1n) is 9.37. The SMILES string of the molecule is CCC(CC)n1nccc1C(=O)N1C[C@H](C(=O)O)[C@@H](c2ccc(F)cc2F)C1. The number of carbonyl (C=O) groups is 2. The number of benzene rings is 1. The number of carboxylic acid groups (broad SMARTS) is 1. The van der Waals surface area contributed by atoms with E-state index in [0.29, 0.717) is 5.69 Å². The Labute approximate surface area is 161 Å². The van der Waals surface area contributed by atoms with Gasteiger partial charge in [0.2, 0.25) is 0 Å². The summed E-state index contributed by atoms with van der Waals surface area (Å²) < 4.78 is 29.2. The smallest absolute Gasteiger partial charge is 0.308 e. The molecule has 1 aromatic heterocycles. The van der Waals surface area contributed by atoms with E-state index in [1.165, 1.54) is 11.0 Å². The minimum absolute atomic E-state index is 0.0379. The second kappa shape index (κ2) is 8.08. The second-order valence-corrected chi connectivity index (χ2v) is 7.06. The van der Waals surface area contributed by atoms with E-state index in [0.717, 1.165) is 25.0 Å². The van der Waals surface area contributed by atoms with Gasteiger partial charge in [0.1, 0.15) is 17.3 Å². The van der Waals surface area contributed by atoms with Crippen LogP contribution in [-0.2, 0) is 4.79 Å².